The smallest absolute Gasteiger partial charge is 0.292 e. The molecule has 0 bridgehead atoms. The number of hydrogen-bond donors (Lipinski definition) is 1. The molecule has 10 heteroatoms. The molecule has 2 aromatic carbocycles. The molecule has 0 saturated carbocycles. The van der Waals surface area contributed by atoms with Crippen molar-refractivity contribution in [3.63, 3.8) is 0 Å². The van der Waals surface area contributed by atoms with Gasteiger partial charge < -0.3 is 5.32 Å². The SMILES string of the molecule is CNC(=O)C1Cc2ccccc2CN1S(=O)(=O)c1c(F)cccc1[N+](=O)[O-]. The van der Waals surface area contributed by atoms with E-state index in [9.17, 15) is 27.7 Å². The normalized spacial score (nSPS) is 17.2. The molecule has 1 N–H and O–H groups in total. The monoisotopic (exact) mass is 393 g/mol. The van der Waals surface area contributed by atoms with Gasteiger partial charge in [0.1, 0.15) is 11.9 Å². The molecule has 1 atom stereocenters. The highest BCUT2D eigenvalue weighted by Crippen LogP contribution is 2.34. The van der Waals surface area contributed by atoms with Crippen molar-refractivity contribution >= 4 is 21.6 Å². The van der Waals surface area contributed by atoms with Gasteiger partial charge in [0.15, 0.2) is 4.90 Å². The lowest BCUT2D eigenvalue weighted by Gasteiger charge is -2.34. The van der Waals surface area contributed by atoms with Gasteiger partial charge in [-0.1, -0.05) is 30.3 Å². The second-order valence-electron chi connectivity index (χ2n) is 6.00. The van der Waals surface area contributed by atoms with Crippen molar-refractivity contribution in [1.29, 1.82) is 0 Å². The number of halogens is 1. The number of rotatable bonds is 4. The molecule has 1 heterocycles. The number of hydrogen-bond acceptors (Lipinski definition) is 5. The van der Waals surface area contributed by atoms with Crippen molar-refractivity contribution in [2.75, 3.05) is 7.05 Å². The van der Waals surface area contributed by atoms with Crippen LogP contribution >= 0.6 is 0 Å². The van der Waals surface area contributed by atoms with Crippen LogP contribution in [0, 0.1) is 15.9 Å². The summed E-state index contributed by atoms with van der Waals surface area (Å²) in [5.74, 6) is -1.81. The topological polar surface area (TPSA) is 110 Å². The minimum atomic E-state index is -4.66. The van der Waals surface area contributed by atoms with Crippen LogP contribution in [0.2, 0.25) is 0 Å². The van der Waals surface area contributed by atoms with E-state index in [4.69, 9.17) is 0 Å². The summed E-state index contributed by atoms with van der Waals surface area (Å²) < 4.78 is 41.5. The summed E-state index contributed by atoms with van der Waals surface area (Å²) >= 11 is 0. The maximum atomic E-state index is 14.4. The third-order valence-electron chi connectivity index (χ3n) is 4.46. The fourth-order valence-electron chi connectivity index (χ4n) is 3.16. The highest BCUT2D eigenvalue weighted by atomic mass is 32.2. The van der Waals surface area contributed by atoms with Crippen LogP contribution in [0.4, 0.5) is 10.1 Å². The van der Waals surface area contributed by atoms with Gasteiger partial charge in [0, 0.05) is 19.7 Å². The molecular formula is C17H16FN3O5S. The lowest BCUT2D eigenvalue weighted by Crippen LogP contribution is -2.52. The Bertz CT molecular complexity index is 1020. The minimum Gasteiger partial charge on any atom is -0.358 e. The van der Waals surface area contributed by atoms with Crippen molar-refractivity contribution in [3.05, 3.63) is 69.5 Å². The largest absolute Gasteiger partial charge is 0.358 e. The van der Waals surface area contributed by atoms with Gasteiger partial charge in [-0.05, 0) is 23.6 Å². The number of carbonyl (C=O) groups excluding carboxylic acids is 1. The van der Waals surface area contributed by atoms with E-state index in [1.165, 1.54) is 7.05 Å². The van der Waals surface area contributed by atoms with E-state index in [1.807, 2.05) is 0 Å². The van der Waals surface area contributed by atoms with Crippen LogP contribution in [0.5, 0.6) is 0 Å². The fraction of sp³-hybridized carbons (Fsp3) is 0.235. The van der Waals surface area contributed by atoms with Gasteiger partial charge in [-0.2, -0.15) is 4.31 Å². The zero-order valence-electron chi connectivity index (χ0n) is 14.3. The molecule has 8 nitrogen and oxygen atoms in total. The number of benzene rings is 2. The lowest BCUT2D eigenvalue weighted by atomic mass is 9.95. The number of nitro groups is 1. The number of nitrogens with one attached hydrogen (secondary N) is 1. The Kier molecular flexibility index (Phi) is 4.94. The summed E-state index contributed by atoms with van der Waals surface area (Å²) in [6, 6.07) is 8.65. The fourth-order valence-corrected chi connectivity index (χ4v) is 4.93. The van der Waals surface area contributed by atoms with Gasteiger partial charge in [-0.15, -0.1) is 0 Å². The van der Waals surface area contributed by atoms with E-state index in [0.717, 1.165) is 28.1 Å². The molecule has 1 aliphatic rings. The standard InChI is InChI=1S/C17H16FN3O5S/c1-19-17(22)15-9-11-5-2-3-6-12(11)10-20(15)27(25,26)16-13(18)7-4-8-14(16)21(23)24/h2-8,15H,9-10H2,1H3,(H,19,22). The van der Waals surface area contributed by atoms with Gasteiger partial charge >= 0.3 is 0 Å². The molecule has 0 aromatic heterocycles. The third kappa shape index (κ3) is 3.28. The summed E-state index contributed by atoms with van der Waals surface area (Å²) in [5.41, 5.74) is 0.574. The average molecular weight is 393 g/mol. The summed E-state index contributed by atoms with van der Waals surface area (Å²) in [5, 5.41) is 13.6. The number of nitro benzene ring substituents is 1. The Morgan fingerprint density at radius 3 is 2.52 bits per heavy atom. The van der Waals surface area contributed by atoms with Crippen molar-refractivity contribution in [2.45, 2.75) is 23.9 Å². The molecule has 27 heavy (non-hydrogen) atoms. The number of likely N-dealkylation sites (N-methyl/N-ethyl adjacent to an activating group) is 1. The summed E-state index contributed by atoms with van der Waals surface area (Å²) in [4.78, 5) is 21.6. The molecule has 0 radical (unpaired) electrons. The number of carbonyl (C=O) groups is 1. The van der Waals surface area contributed by atoms with Gasteiger partial charge in [0.05, 0.1) is 4.92 Å². The van der Waals surface area contributed by atoms with Crippen LogP contribution in [0.3, 0.4) is 0 Å². The Morgan fingerprint density at radius 2 is 1.89 bits per heavy atom. The van der Waals surface area contributed by atoms with Crippen LogP contribution in [0.1, 0.15) is 11.1 Å². The predicted octanol–water partition coefficient (Wildman–Crippen LogP) is 1.60. The maximum Gasteiger partial charge on any atom is 0.292 e. The molecule has 0 spiro atoms. The first-order chi connectivity index (χ1) is 12.8. The molecule has 1 unspecified atom stereocenters. The molecule has 2 aromatic rings. The number of sulfonamides is 1. The molecule has 1 amide bonds. The van der Waals surface area contributed by atoms with Crippen LogP contribution in [0.15, 0.2) is 47.4 Å². The van der Waals surface area contributed by atoms with E-state index in [1.54, 1.807) is 24.3 Å². The molecular weight excluding hydrogens is 377 g/mol. The molecule has 1 aliphatic heterocycles. The van der Waals surface area contributed by atoms with Crippen LogP contribution in [-0.4, -0.2) is 36.6 Å². The molecule has 0 saturated heterocycles. The maximum absolute atomic E-state index is 14.4. The van der Waals surface area contributed by atoms with Gasteiger partial charge in [0.25, 0.3) is 15.7 Å². The average Bonchev–Trinajstić information content (AvgIpc) is 2.65. The van der Waals surface area contributed by atoms with Crippen LogP contribution < -0.4 is 5.32 Å². The first-order valence-electron chi connectivity index (χ1n) is 8.00. The molecule has 0 aliphatic carbocycles. The van der Waals surface area contributed by atoms with E-state index >= 15 is 0 Å². The minimum absolute atomic E-state index is 0.0807. The van der Waals surface area contributed by atoms with Crippen molar-refractivity contribution < 1.29 is 22.5 Å². The van der Waals surface area contributed by atoms with E-state index < -0.39 is 43.3 Å². The highest BCUT2D eigenvalue weighted by molar-refractivity contribution is 7.89. The van der Waals surface area contributed by atoms with E-state index in [0.29, 0.717) is 5.56 Å². The second kappa shape index (κ2) is 7.05. The summed E-state index contributed by atoms with van der Waals surface area (Å²) in [7, 11) is -3.30. The number of amides is 1. The van der Waals surface area contributed by atoms with Gasteiger partial charge in [-0.25, -0.2) is 12.8 Å². The predicted molar refractivity (Wildman–Crippen MR) is 93.8 cm³/mol. The highest BCUT2D eigenvalue weighted by Gasteiger charge is 2.43. The van der Waals surface area contributed by atoms with E-state index in [-0.39, 0.29) is 13.0 Å². The van der Waals surface area contributed by atoms with Crippen LogP contribution in [-0.2, 0) is 27.8 Å². The number of fused-ring (bicyclic) bond motifs is 1. The van der Waals surface area contributed by atoms with E-state index in [2.05, 4.69) is 5.32 Å². The quantitative estimate of drug-likeness (QED) is 0.627. The Labute approximate surface area is 154 Å². The molecule has 3 rings (SSSR count). The number of nitrogens with zero attached hydrogens (tertiary/aromatic N) is 2. The summed E-state index contributed by atoms with van der Waals surface area (Å²) in [6.07, 6.45) is 0.0807. The molecule has 0 fully saturated rings. The Morgan fingerprint density at radius 1 is 1.22 bits per heavy atom. The third-order valence-corrected chi connectivity index (χ3v) is 6.39. The van der Waals surface area contributed by atoms with Gasteiger partial charge in [-0.3, -0.25) is 14.9 Å². The van der Waals surface area contributed by atoms with Crippen LogP contribution in [0.25, 0.3) is 0 Å². The van der Waals surface area contributed by atoms with Crippen molar-refractivity contribution in [3.8, 4) is 0 Å². The molecule has 142 valence electrons. The first kappa shape index (κ1) is 18.9. The Balaban J connectivity index is 2.18. The lowest BCUT2D eigenvalue weighted by molar-refractivity contribution is -0.388. The van der Waals surface area contributed by atoms with Crippen molar-refractivity contribution in [1.82, 2.24) is 9.62 Å². The zero-order chi connectivity index (χ0) is 19.8. The van der Waals surface area contributed by atoms with Gasteiger partial charge in [0.2, 0.25) is 5.91 Å². The van der Waals surface area contributed by atoms with Crippen molar-refractivity contribution in [2.24, 2.45) is 0 Å². The summed E-state index contributed by atoms with van der Waals surface area (Å²) in [6.45, 7) is -0.192. The first-order valence-corrected chi connectivity index (χ1v) is 9.44. The zero-order valence-corrected chi connectivity index (χ0v) is 15.1. The second-order valence-corrected chi connectivity index (χ2v) is 7.83. The Hall–Kier alpha value is -2.85.